The monoisotopic (exact) mass is 410 g/mol. The van der Waals surface area contributed by atoms with Crippen molar-refractivity contribution in [3.63, 3.8) is 0 Å². The molecule has 2 aliphatic rings. The van der Waals surface area contributed by atoms with Crippen LogP contribution in [0.5, 0.6) is 0 Å². The van der Waals surface area contributed by atoms with Gasteiger partial charge in [-0.25, -0.2) is 4.99 Å². The fourth-order valence-corrected chi connectivity index (χ4v) is 4.22. The van der Waals surface area contributed by atoms with Crippen molar-refractivity contribution in [2.24, 2.45) is 12.0 Å². The van der Waals surface area contributed by atoms with Gasteiger partial charge in [0.15, 0.2) is 11.8 Å². The van der Waals surface area contributed by atoms with Crippen LogP contribution in [0.25, 0.3) is 0 Å². The molecule has 1 aromatic carbocycles. The molecule has 1 aliphatic carbocycles. The van der Waals surface area contributed by atoms with Crippen LogP contribution in [0.15, 0.2) is 23.2 Å². The Morgan fingerprint density at radius 3 is 2.80 bits per heavy atom. The number of guanidine groups is 1. The van der Waals surface area contributed by atoms with Crippen LogP contribution in [-0.2, 0) is 31.2 Å². The van der Waals surface area contributed by atoms with Crippen molar-refractivity contribution >= 4 is 5.96 Å². The first kappa shape index (κ1) is 20.8. The molecule has 0 radical (unpaired) electrons. The Morgan fingerprint density at radius 2 is 2.07 bits per heavy atom. The minimum atomic E-state index is 0.161. The van der Waals surface area contributed by atoms with Gasteiger partial charge in [-0.1, -0.05) is 18.2 Å². The minimum absolute atomic E-state index is 0.161. The molecule has 1 aromatic heterocycles. The number of hydrogen-bond donors (Lipinski definition) is 2. The van der Waals surface area contributed by atoms with Crippen molar-refractivity contribution < 1.29 is 4.74 Å². The summed E-state index contributed by atoms with van der Waals surface area (Å²) >= 11 is 0. The molecule has 0 saturated carbocycles. The number of aryl methyl sites for hydroxylation is 3. The summed E-state index contributed by atoms with van der Waals surface area (Å²) in [7, 11) is 1.98. The fourth-order valence-electron chi connectivity index (χ4n) is 4.22. The van der Waals surface area contributed by atoms with E-state index in [1.54, 1.807) is 0 Å². The maximum atomic E-state index is 5.77. The van der Waals surface area contributed by atoms with Crippen LogP contribution in [0, 0.1) is 6.92 Å². The molecule has 2 heterocycles. The molecule has 7 heteroatoms. The van der Waals surface area contributed by atoms with Crippen LogP contribution in [0.1, 0.15) is 67.0 Å². The lowest BCUT2D eigenvalue weighted by Crippen LogP contribution is -2.42. The Balaban J connectivity index is 1.46. The number of ether oxygens (including phenoxy) is 1. The molecule has 0 spiro atoms. The van der Waals surface area contributed by atoms with Gasteiger partial charge in [0, 0.05) is 20.2 Å². The second-order valence-electron chi connectivity index (χ2n) is 8.50. The van der Waals surface area contributed by atoms with E-state index < -0.39 is 0 Å². The number of aromatic nitrogens is 3. The molecule has 1 saturated heterocycles. The predicted octanol–water partition coefficient (Wildman–Crippen LogP) is 2.98. The molecular formula is C23H34N6O. The molecule has 162 valence electrons. The first-order valence-electron chi connectivity index (χ1n) is 11.2. The summed E-state index contributed by atoms with van der Waals surface area (Å²) in [5.74, 6) is 2.54. The SMILES string of the molecule is Cc1nnc(CN=C(NCC2CCCO2)NC(C)c2ccc3c(c2)CCCC3)n1C. The maximum Gasteiger partial charge on any atom is 0.192 e. The molecule has 4 rings (SSSR count). The molecular weight excluding hydrogens is 376 g/mol. The Kier molecular flexibility index (Phi) is 6.67. The van der Waals surface area contributed by atoms with Gasteiger partial charge in [0.25, 0.3) is 0 Å². The second-order valence-corrected chi connectivity index (χ2v) is 8.50. The van der Waals surface area contributed by atoms with Crippen molar-refractivity contribution in [2.75, 3.05) is 13.2 Å². The van der Waals surface area contributed by atoms with Gasteiger partial charge >= 0.3 is 0 Å². The summed E-state index contributed by atoms with van der Waals surface area (Å²) in [5.41, 5.74) is 4.32. The van der Waals surface area contributed by atoms with E-state index in [1.165, 1.54) is 42.4 Å². The van der Waals surface area contributed by atoms with Crippen LogP contribution >= 0.6 is 0 Å². The first-order chi connectivity index (χ1) is 14.6. The van der Waals surface area contributed by atoms with E-state index in [4.69, 9.17) is 9.73 Å². The van der Waals surface area contributed by atoms with E-state index in [0.717, 1.165) is 43.6 Å². The molecule has 30 heavy (non-hydrogen) atoms. The summed E-state index contributed by atoms with van der Waals surface area (Å²) in [6.07, 6.45) is 7.51. The number of nitrogens with zero attached hydrogens (tertiary/aromatic N) is 4. The van der Waals surface area contributed by atoms with Gasteiger partial charge in [-0.05, 0) is 69.1 Å². The van der Waals surface area contributed by atoms with Gasteiger partial charge in [0.05, 0.1) is 12.1 Å². The Bertz CT molecular complexity index is 884. The van der Waals surface area contributed by atoms with E-state index in [2.05, 4.69) is 46.0 Å². The van der Waals surface area contributed by atoms with E-state index in [9.17, 15) is 0 Å². The summed E-state index contributed by atoms with van der Waals surface area (Å²) in [4.78, 5) is 4.80. The third-order valence-corrected chi connectivity index (χ3v) is 6.31. The smallest absolute Gasteiger partial charge is 0.192 e. The Labute approximate surface area is 179 Å². The van der Waals surface area contributed by atoms with Crippen molar-refractivity contribution in [3.05, 3.63) is 46.5 Å². The third kappa shape index (κ3) is 5.01. The van der Waals surface area contributed by atoms with Crippen molar-refractivity contribution in [1.29, 1.82) is 0 Å². The molecule has 2 aromatic rings. The van der Waals surface area contributed by atoms with Crippen LogP contribution < -0.4 is 10.6 Å². The lowest BCUT2D eigenvalue weighted by atomic mass is 9.89. The highest BCUT2D eigenvalue weighted by Gasteiger charge is 2.18. The largest absolute Gasteiger partial charge is 0.376 e. The average molecular weight is 411 g/mol. The predicted molar refractivity (Wildman–Crippen MR) is 118 cm³/mol. The fraction of sp³-hybridized carbons (Fsp3) is 0.609. The number of benzene rings is 1. The van der Waals surface area contributed by atoms with Gasteiger partial charge in [0.1, 0.15) is 12.4 Å². The Morgan fingerprint density at radius 1 is 1.23 bits per heavy atom. The lowest BCUT2D eigenvalue weighted by Gasteiger charge is -2.22. The summed E-state index contributed by atoms with van der Waals surface area (Å²) < 4.78 is 7.75. The zero-order chi connectivity index (χ0) is 20.9. The van der Waals surface area contributed by atoms with E-state index in [1.807, 2.05) is 18.5 Å². The van der Waals surface area contributed by atoms with E-state index in [0.29, 0.717) is 6.54 Å². The van der Waals surface area contributed by atoms with Gasteiger partial charge in [-0.15, -0.1) is 10.2 Å². The first-order valence-corrected chi connectivity index (χ1v) is 11.2. The zero-order valence-electron chi connectivity index (χ0n) is 18.4. The van der Waals surface area contributed by atoms with Crippen molar-refractivity contribution in [1.82, 2.24) is 25.4 Å². The van der Waals surface area contributed by atoms with Gasteiger partial charge in [-0.2, -0.15) is 0 Å². The van der Waals surface area contributed by atoms with Crippen molar-refractivity contribution in [2.45, 2.75) is 71.1 Å². The molecule has 7 nitrogen and oxygen atoms in total. The van der Waals surface area contributed by atoms with Crippen LogP contribution in [0.3, 0.4) is 0 Å². The maximum absolute atomic E-state index is 5.77. The van der Waals surface area contributed by atoms with Crippen molar-refractivity contribution in [3.8, 4) is 0 Å². The zero-order valence-corrected chi connectivity index (χ0v) is 18.4. The summed E-state index contributed by atoms with van der Waals surface area (Å²) in [6.45, 7) is 6.25. The van der Waals surface area contributed by atoms with Gasteiger partial charge in [-0.3, -0.25) is 0 Å². The quantitative estimate of drug-likeness (QED) is 0.566. The van der Waals surface area contributed by atoms with Crippen LogP contribution in [0.4, 0.5) is 0 Å². The average Bonchev–Trinajstić information content (AvgIpc) is 3.40. The number of rotatable bonds is 6. The number of fused-ring (bicyclic) bond motifs is 1. The molecule has 1 fully saturated rings. The molecule has 0 amide bonds. The second kappa shape index (κ2) is 9.60. The standard InChI is InChI=1S/C23H34N6O/c1-16(19-11-10-18-7-4-5-8-20(18)13-19)26-23(24-14-21-9-6-12-30-21)25-15-22-28-27-17(2)29(22)3/h10-11,13,16,21H,4-9,12,14-15H2,1-3H3,(H2,24,25,26). The Hall–Kier alpha value is -2.41. The molecule has 1 aliphatic heterocycles. The number of hydrogen-bond acceptors (Lipinski definition) is 4. The molecule has 2 N–H and O–H groups in total. The highest BCUT2D eigenvalue weighted by molar-refractivity contribution is 5.80. The van der Waals surface area contributed by atoms with Crippen LogP contribution in [-0.4, -0.2) is 40.0 Å². The molecule has 0 bridgehead atoms. The molecule has 2 atom stereocenters. The third-order valence-electron chi connectivity index (χ3n) is 6.31. The minimum Gasteiger partial charge on any atom is -0.376 e. The summed E-state index contributed by atoms with van der Waals surface area (Å²) in [6, 6.07) is 7.09. The lowest BCUT2D eigenvalue weighted by molar-refractivity contribution is 0.113. The van der Waals surface area contributed by atoms with E-state index >= 15 is 0 Å². The molecule has 2 unspecified atom stereocenters. The van der Waals surface area contributed by atoms with E-state index in [-0.39, 0.29) is 12.1 Å². The highest BCUT2D eigenvalue weighted by Crippen LogP contribution is 2.24. The summed E-state index contributed by atoms with van der Waals surface area (Å²) in [5, 5.41) is 15.4. The normalized spacial score (nSPS) is 20.1. The van der Waals surface area contributed by atoms with Gasteiger partial charge in [0.2, 0.25) is 0 Å². The van der Waals surface area contributed by atoms with Gasteiger partial charge < -0.3 is 19.9 Å². The topological polar surface area (TPSA) is 76.4 Å². The number of aliphatic imine (C=N–C) groups is 1. The van der Waals surface area contributed by atoms with Crippen LogP contribution in [0.2, 0.25) is 0 Å². The highest BCUT2D eigenvalue weighted by atomic mass is 16.5. The number of nitrogens with one attached hydrogen (secondary N) is 2.